The van der Waals surface area contributed by atoms with Crippen LogP contribution < -0.4 is 0 Å². The summed E-state index contributed by atoms with van der Waals surface area (Å²) in [6.07, 6.45) is 7.41. The lowest BCUT2D eigenvalue weighted by molar-refractivity contribution is 0.0488. The lowest BCUT2D eigenvalue weighted by atomic mass is 9.96. The Morgan fingerprint density at radius 1 is 1.18 bits per heavy atom. The zero-order valence-corrected chi connectivity index (χ0v) is 11.1. The van der Waals surface area contributed by atoms with E-state index in [2.05, 4.69) is 11.8 Å². The zero-order valence-electron chi connectivity index (χ0n) is 11.1. The van der Waals surface area contributed by atoms with Crippen LogP contribution in [0.5, 0.6) is 0 Å². The lowest BCUT2D eigenvalue weighted by Gasteiger charge is -2.29. The topological polar surface area (TPSA) is 32.7 Å². The van der Waals surface area contributed by atoms with Crippen LogP contribution in [-0.2, 0) is 4.74 Å². The van der Waals surface area contributed by atoms with Gasteiger partial charge in [-0.15, -0.1) is 0 Å². The maximum atomic E-state index is 10.2. The summed E-state index contributed by atoms with van der Waals surface area (Å²) in [5.41, 5.74) is 0. The van der Waals surface area contributed by atoms with Crippen molar-refractivity contribution >= 4 is 0 Å². The molecule has 17 heavy (non-hydrogen) atoms. The van der Waals surface area contributed by atoms with Crippen LogP contribution >= 0.6 is 0 Å². The first-order chi connectivity index (χ1) is 8.25. The van der Waals surface area contributed by atoms with Gasteiger partial charge in [0.25, 0.3) is 0 Å². The van der Waals surface area contributed by atoms with Gasteiger partial charge < -0.3 is 14.7 Å². The van der Waals surface area contributed by atoms with Gasteiger partial charge in [-0.25, -0.2) is 0 Å². The molecule has 100 valence electrons. The molecule has 1 aliphatic carbocycles. The highest BCUT2D eigenvalue weighted by molar-refractivity contribution is 4.78. The van der Waals surface area contributed by atoms with Gasteiger partial charge in [-0.05, 0) is 32.1 Å². The van der Waals surface area contributed by atoms with Crippen LogP contribution in [0.1, 0.15) is 45.4 Å². The van der Waals surface area contributed by atoms with Crippen LogP contribution in [0.4, 0.5) is 0 Å². The van der Waals surface area contributed by atoms with Gasteiger partial charge in [-0.3, -0.25) is 0 Å². The van der Waals surface area contributed by atoms with E-state index in [1.54, 1.807) is 0 Å². The van der Waals surface area contributed by atoms with Gasteiger partial charge in [0.05, 0.1) is 12.2 Å². The summed E-state index contributed by atoms with van der Waals surface area (Å²) in [4.78, 5) is 2.50. The quantitative estimate of drug-likeness (QED) is 0.751. The van der Waals surface area contributed by atoms with Crippen molar-refractivity contribution in [2.45, 2.75) is 57.7 Å². The standard InChI is InChI=1S/C14H27NO2/c1-12-10-15(8-5-9-17-12)11-13-6-3-2-4-7-14(13)16/h12-14,16H,2-11H2,1H3. The minimum Gasteiger partial charge on any atom is -0.393 e. The van der Waals surface area contributed by atoms with Crippen molar-refractivity contribution in [1.29, 1.82) is 0 Å². The van der Waals surface area contributed by atoms with E-state index in [9.17, 15) is 5.11 Å². The predicted octanol–water partition coefficient (Wildman–Crippen LogP) is 2.04. The second-order valence-electron chi connectivity index (χ2n) is 5.76. The van der Waals surface area contributed by atoms with Crippen molar-refractivity contribution in [2.24, 2.45) is 5.92 Å². The minimum absolute atomic E-state index is 0.0722. The van der Waals surface area contributed by atoms with E-state index in [1.165, 1.54) is 25.7 Å². The number of rotatable bonds is 2. The maximum Gasteiger partial charge on any atom is 0.0673 e. The zero-order chi connectivity index (χ0) is 12.1. The fourth-order valence-corrected chi connectivity index (χ4v) is 3.16. The molecule has 3 nitrogen and oxygen atoms in total. The maximum absolute atomic E-state index is 10.2. The Labute approximate surface area is 105 Å². The first-order valence-electron chi connectivity index (χ1n) is 7.27. The van der Waals surface area contributed by atoms with Crippen molar-refractivity contribution in [3.63, 3.8) is 0 Å². The molecule has 0 aromatic rings. The molecule has 1 heterocycles. The molecule has 2 fully saturated rings. The van der Waals surface area contributed by atoms with E-state index < -0.39 is 0 Å². The Balaban J connectivity index is 1.84. The van der Waals surface area contributed by atoms with E-state index in [1.807, 2.05) is 0 Å². The van der Waals surface area contributed by atoms with Crippen LogP contribution in [0.3, 0.4) is 0 Å². The Hall–Kier alpha value is -0.120. The first kappa shape index (κ1) is 13.3. The third kappa shape index (κ3) is 4.23. The molecule has 2 aliphatic rings. The minimum atomic E-state index is -0.0722. The summed E-state index contributed by atoms with van der Waals surface area (Å²) >= 11 is 0. The number of hydrogen-bond donors (Lipinski definition) is 1. The molecular formula is C14H27NO2. The number of aliphatic hydroxyl groups excluding tert-OH is 1. The van der Waals surface area contributed by atoms with Crippen LogP contribution in [-0.4, -0.2) is 48.5 Å². The fourth-order valence-electron chi connectivity index (χ4n) is 3.16. The van der Waals surface area contributed by atoms with Crippen molar-refractivity contribution < 1.29 is 9.84 Å². The Morgan fingerprint density at radius 3 is 2.88 bits per heavy atom. The number of aliphatic hydroxyl groups is 1. The van der Waals surface area contributed by atoms with Gasteiger partial charge in [0.15, 0.2) is 0 Å². The van der Waals surface area contributed by atoms with E-state index in [4.69, 9.17) is 4.74 Å². The predicted molar refractivity (Wildman–Crippen MR) is 69.1 cm³/mol. The molecule has 1 N–H and O–H groups in total. The average Bonchev–Trinajstić information content (AvgIpc) is 2.61. The summed E-state index contributed by atoms with van der Waals surface area (Å²) in [5, 5.41) is 10.2. The number of hydrogen-bond acceptors (Lipinski definition) is 3. The van der Waals surface area contributed by atoms with E-state index >= 15 is 0 Å². The number of nitrogens with zero attached hydrogens (tertiary/aromatic N) is 1. The second-order valence-corrected chi connectivity index (χ2v) is 5.76. The molecule has 1 saturated carbocycles. The van der Waals surface area contributed by atoms with Gasteiger partial charge in [-0.1, -0.05) is 19.3 Å². The summed E-state index contributed by atoms with van der Waals surface area (Å²) < 4.78 is 5.67. The van der Waals surface area contributed by atoms with Crippen molar-refractivity contribution in [3.05, 3.63) is 0 Å². The molecule has 0 bridgehead atoms. The summed E-state index contributed by atoms with van der Waals surface area (Å²) in [5.74, 6) is 0.489. The van der Waals surface area contributed by atoms with Gasteiger partial charge in [0, 0.05) is 26.2 Å². The highest BCUT2D eigenvalue weighted by Crippen LogP contribution is 2.24. The van der Waals surface area contributed by atoms with Gasteiger partial charge in [-0.2, -0.15) is 0 Å². The number of ether oxygens (including phenoxy) is 1. The fraction of sp³-hybridized carbons (Fsp3) is 1.00. The highest BCUT2D eigenvalue weighted by atomic mass is 16.5. The largest absolute Gasteiger partial charge is 0.393 e. The third-order valence-electron chi connectivity index (χ3n) is 4.15. The highest BCUT2D eigenvalue weighted by Gasteiger charge is 2.25. The molecule has 0 aromatic heterocycles. The van der Waals surface area contributed by atoms with E-state index in [0.29, 0.717) is 12.0 Å². The van der Waals surface area contributed by atoms with Gasteiger partial charge in [0.1, 0.15) is 0 Å². The molecule has 0 spiro atoms. The van der Waals surface area contributed by atoms with Crippen molar-refractivity contribution in [1.82, 2.24) is 4.90 Å². The molecule has 3 unspecified atom stereocenters. The molecule has 3 atom stereocenters. The summed E-state index contributed by atoms with van der Waals surface area (Å²) in [6.45, 7) is 6.28. The Kier molecular flexibility index (Phi) is 5.26. The lowest BCUT2D eigenvalue weighted by Crippen LogP contribution is -2.38. The van der Waals surface area contributed by atoms with Crippen LogP contribution in [0.25, 0.3) is 0 Å². The second kappa shape index (κ2) is 6.72. The van der Waals surface area contributed by atoms with Crippen LogP contribution in [0.2, 0.25) is 0 Å². The third-order valence-corrected chi connectivity index (χ3v) is 4.15. The van der Waals surface area contributed by atoms with Crippen LogP contribution in [0.15, 0.2) is 0 Å². The molecule has 0 radical (unpaired) electrons. The molecule has 1 aliphatic heterocycles. The Bertz CT molecular complexity index is 222. The van der Waals surface area contributed by atoms with E-state index in [-0.39, 0.29) is 6.10 Å². The summed E-state index contributed by atoms with van der Waals surface area (Å²) in [6, 6.07) is 0. The molecule has 2 rings (SSSR count). The first-order valence-corrected chi connectivity index (χ1v) is 7.27. The molecule has 0 amide bonds. The van der Waals surface area contributed by atoms with Gasteiger partial charge >= 0.3 is 0 Å². The van der Waals surface area contributed by atoms with Crippen molar-refractivity contribution in [3.8, 4) is 0 Å². The molecule has 3 heteroatoms. The smallest absolute Gasteiger partial charge is 0.0673 e. The average molecular weight is 241 g/mol. The molecule has 0 aromatic carbocycles. The summed E-state index contributed by atoms with van der Waals surface area (Å²) in [7, 11) is 0. The van der Waals surface area contributed by atoms with Crippen molar-refractivity contribution in [2.75, 3.05) is 26.2 Å². The van der Waals surface area contributed by atoms with E-state index in [0.717, 1.165) is 39.1 Å². The monoisotopic (exact) mass is 241 g/mol. The SMILES string of the molecule is CC1CN(CC2CCCCCC2O)CCCO1. The van der Waals surface area contributed by atoms with Crippen LogP contribution in [0, 0.1) is 5.92 Å². The molecule has 1 saturated heterocycles. The molecular weight excluding hydrogens is 214 g/mol. The van der Waals surface area contributed by atoms with Gasteiger partial charge in [0.2, 0.25) is 0 Å². The normalized spacial score (nSPS) is 37.4. The Morgan fingerprint density at radius 2 is 2.00 bits per heavy atom.